The van der Waals surface area contributed by atoms with E-state index >= 15 is 0 Å². The van der Waals surface area contributed by atoms with Crippen LogP contribution in [0.1, 0.15) is 24.0 Å². The molecule has 2 N–H and O–H groups in total. The number of rotatable bonds is 10. The predicted molar refractivity (Wildman–Crippen MR) is 117 cm³/mol. The Balaban J connectivity index is 1.70. The highest BCUT2D eigenvalue weighted by atomic mass is 35.5. The number of hydrogen-bond donors (Lipinski definition) is 2. The minimum absolute atomic E-state index is 0.0908. The molecule has 7 heteroatoms. The fourth-order valence-corrected chi connectivity index (χ4v) is 3.30. The second kappa shape index (κ2) is 10.3. The summed E-state index contributed by atoms with van der Waals surface area (Å²) in [6.07, 6.45) is 2.61. The molecule has 1 atom stereocenters. The van der Waals surface area contributed by atoms with Crippen LogP contribution in [0.4, 0.5) is 0 Å². The van der Waals surface area contributed by atoms with Gasteiger partial charge in [0.2, 0.25) is 5.90 Å². The summed E-state index contributed by atoms with van der Waals surface area (Å²) in [4.78, 5) is 17.6. The average molecular weight is 429 g/mol. The van der Waals surface area contributed by atoms with Gasteiger partial charge in [-0.2, -0.15) is 0 Å². The molecule has 30 heavy (non-hydrogen) atoms. The normalized spacial score (nSPS) is 17.7. The van der Waals surface area contributed by atoms with Crippen molar-refractivity contribution in [2.45, 2.75) is 24.9 Å². The molecule has 3 rings (SSSR count). The summed E-state index contributed by atoms with van der Waals surface area (Å²) in [5, 5.41) is 12.4. The van der Waals surface area contributed by atoms with Crippen molar-refractivity contribution in [3.8, 4) is 5.75 Å². The Morgan fingerprint density at radius 3 is 2.83 bits per heavy atom. The van der Waals surface area contributed by atoms with E-state index in [0.29, 0.717) is 42.7 Å². The molecule has 1 aliphatic heterocycles. The number of aliphatic imine (C=N–C) groups is 1. The molecule has 0 saturated carbocycles. The van der Waals surface area contributed by atoms with E-state index in [1.807, 2.05) is 42.5 Å². The van der Waals surface area contributed by atoms with E-state index in [4.69, 9.17) is 26.2 Å². The van der Waals surface area contributed by atoms with E-state index in [9.17, 15) is 4.79 Å². The van der Waals surface area contributed by atoms with Crippen LogP contribution in [0.2, 0.25) is 5.02 Å². The van der Waals surface area contributed by atoms with Gasteiger partial charge in [-0.1, -0.05) is 29.8 Å². The number of aliphatic hydroxyl groups excluding tert-OH is 1. The van der Waals surface area contributed by atoms with E-state index in [-0.39, 0.29) is 19.1 Å². The Bertz CT molecular complexity index is 914. The van der Waals surface area contributed by atoms with Gasteiger partial charge in [-0.15, -0.1) is 6.58 Å². The Labute approximate surface area is 181 Å². The highest BCUT2D eigenvalue weighted by Crippen LogP contribution is 2.27. The van der Waals surface area contributed by atoms with Gasteiger partial charge in [0.25, 0.3) is 5.91 Å². The fraction of sp³-hybridized carbons (Fsp3) is 0.304. The molecule has 0 fully saturated rings. The van der Waals surface area contributed by atoms with Crippen molar-refractivity contribution in [1.82, 2.24) is 5.32 Å². The number of amides is 1. The zero-order chi connectivity index (χ0) is 21.4. The molecule has 0 aromatic heterocycles. The van der Waals surface area contributed by atoms with Crippen LogP contribution < -0.4 is 10.1 Å². The molecular weight excluding hydrogens is 404 g/mol. The van der Waals surface area contributed by atoms with Crippen molar-refractivity contribution in [3.05, 3.63) is 77.3 Å². The van der Waals surface area contributed by atoms with Crippen molar-refractivity contribution < 1.29 is 19.4 Å². The smallest absolute Gasteiger partial charge is 0.252 e. The number of benzene rings is 2. The Morgan fingerprint density at radius 1 is 1.33 bits per heavy atom. The SMILES string of the molecule is C=CC[C@]1(C(=O)NCc2cccc(Cl)c2)COC(c2ccc(OCCCO)cc2)=N1. The fourth-order valence-electron chi connectivity index (χ4n) is 3.09. The molecule has 0 saturated heterocycles. The quantitative estimate of drug-likeness (QED) is 0.448. The van der Waals surface area contributed by atoms with Gasteiger partial charge in [0.15, 0.2) is 5.54 Å². The molecular formula is C23H25ClN2O4. The van der Waals surface area contributed by atoms with E-state index in [1.165, 1.54) is 0 Å². The molecule has 1 aliphatic rings. The van der Waals surface area contributed by atoms with Gasteiger partial charge in [0.05, 0.1) is 6.61 Å². The zero-order valence-corrected chi connectivity index (χ0v) is 17.4. The second-order valence-corrected chi connectivity index (χ2v) is 7.43. The third-order valence-electron chi connectivity index (χ3n) is 4.68. The van der Waals surface area contributed by atoms with E-state index in [1.54, 1.807) is 12.1 Å². The number of halogens is 1. The minimum atomic E-state index is -1.05. The van der Waals surface area contributed by atoms with Gasteiger partial charge in [0.1, 0.15) is 12.4 Å². The predicted octanol–water partition coefficient (Wildman–Crippen LogP) is 3.51. The van der Waals surface area contributed by atoms with Gasteiger partial charge in [-0.3, -0.25) is 4.79 Å². The standard InChI is InChI=1S/C23H25ClN2O4/c1-2-11-23(22(28)25-15-17-5-3-6-19(24)14-17)16-30-21(26-23)18-7-9-20(10-8-18)29-13-4-12-27/h2-3,5-10,14,27H,1,4,11-13,15-16H2,(H,25,28)/t23-/m1/s1. The number of hydrogen-bond acceptors (Lipinski definition) is 5. The Hall–Kier alpha value is -2.83. The molecule has 2 aromatic carbocycles. The first-order valence-corrected chi connectivity index (χ1v) is 10.1. The Morgan fingerprint density at radius 2 is 2.13 bits per heavy atom. The van der Waals surface area contributed by atoms with Crippen LogP contribution in [0.5, 0.6) is 5.75 Å². The molecule has 158 valence electrons. The molecule has 0 unspecified atom stereocenters. The maximum absolute atomic E-state index is 13.0. The number of ether oxygens (including phenoxy) is 2. The molecule has 6 nitrogen and oxygen atoms in total. The number of nitrogens with zero attached hydrogens (tertiary/aromatic N) is 1. The maximum atomic E-state index is 13.0. The lowest BCUT2D eigenvalue weighted by atomic mass is 9.96. The van der Waals surface area contributed by atoms with Crippen LogP contribution in [-0.4, -0.2) is 42.3 Å². The summed E-state index contributed by atoms with van der Waals surface area (Å²) >= 11 is 6.01. The first-order valence-electron chi connectivity index (χ1n) is 9.77. The van der Waals surface area contributed by atoms with Crippen LogP contribution in [0.3, 0.4) is 0 Å². The zero-order valence-electron chi connectivity index (χ0n) is 16.6. The summed E-state index contributed by atoms with van der Waals surface area (Å²) in [5.74, 6) is 0.889. The van der Waals surface area contributed by atoms with E-state index < -0.39 is 5.54 Å². The van der Waals surface area contributed by atoms with Gasteiger partial charge in [-0.25, -0.2) is 4.99 Å². The molecule has 0 aliphatic carbocycles. The lowest BCUT2D eigenvalue weighted by Crippen LogP contribution is -2.46. The first kappa shape index (κ1) is 21.9. The molecule has 1 amide bonds. The van der Waals surface area contributed by atoms with Gasteiger partial charge >= 0.3 is 0 Å². The van der Waals surface area contributed by atoms with Crippen LogP contribution in [0.25, 0.3) is 0 Å². The summed E-state index contributed by atoms with van der Waals surface area (Å²) in [6.45, 7) is 4.80. The van der Waals surface area contributed by atoms with Crippen molar-refractivity contribution in [3.63, 3.8) is 0 Å². The van der Waals surface area contributed by atoms with E-state index in [0.717, 1.165) is 11.1 Å². The number of nitrogens with one attached hydrogen (secondary N) is 1. The average Bonchev–Trinajstić information content (AvgIpc) is 3.18. The minimum Gasteiger partial charge on any atom is -0.494 e. The lowest BCUT2D eigenvalue weighted by Gasteiger charge is -2.21. The Kier molecular flexibility index (Phi) is 7.49. The van der Waals surface area contributed by atoms with Crippen molar-refractivity contribution in [2.24, 2.45) is 4.99 Å². The maximum Gasteiger partial charge on any atom is 0.252 e. The highest BCUT2D eigenvalue weighted by molar-refractivity contribution is 6.30. The lowest BCUT2D eigenvalue weighted by molar-refractivity contribution is -0.126. The number of carbonyl (C=O) groups excluding carboxylic acids is 1. The van der Waals surface area contributed by atoms with Crippen LogP contribution >= 0.6 is 11.6 Å². The van der Waals surface area contributed by atoms with Gasteiger partial charge < -0.3 is 19.9 Å². The van der Waals surface area contributed by atoms with Crippen LogP contribution in [0.15, 0.2) is 66.2 Å². The monoisotopic (exact) mass is 428 g/mol. The van der Waals surface area contributed by atoms with Gasteiger partial charge in [-0.05, 0) is 42.0 Å². The highest BCUT2D eigenvalue weighted by Gasteiger charge is 2.43. The van der Waals surface area contributed by atoms with Crippen molar-refractivity contribution in [1.29, 1.82) is 0 Å². The molecule has 1 heterocycles. The van der Waals surface area contributed by atoms with Crippen molar-refractivity contribution >= 4 is 23.4 Å². The van der Waals surface area contributed by atoms with E-state index in [2.05, 4.69) is 16.9 Å². The molecule has 2 aromatic rings. The molecule has 0 bridgehead atoms. The van der Waals surface area contributed by atoms with Crippen LogP contribution in [0, 0.1) is 0 Å². The van der Waals surface area contributed by atoms with Crippen molar-refractivity contribution in [2.75, 3.05) is 19.8 Å². The molecule has 0 radical (unpaired) electrons. The second-order valence-electron chi connectivity index (χ2n) is 6.99. The van der Waals surface area contributed by atoms with Gasteiger partial charge in [0, 0.05) is 36.6 Å². The summed E-state index contributed by atoms with van der Waals surface area (Å²) in [6, 6.07) is 14.6. The largest absolute Gasteiger partial charge is 0.494 e. The third-order valence-corrected chi connectivity index (χ3v) is 4.92. The summed E-state index contributed by atoms with van der Waals surface area (Å²) in [7, 11) is 0. The van der Waals surface area contributed by atoms with Crippen LogP contribution in [-0.2, 0) is 16.1 Å². The summed E-state index contributed by atoms with van der Waals surface area (Å²) in [5.41, 5.74) is 0.619. The topological polar surface area (TPSA) is 80.2 Å². The first-order chi connectivity index (χ1) is 14.6. The number of aliphatic hydroxyl groups is 1. The third kappa shape index (κ3) is 5.40. The molecule has 0 spiro atoms. The summed E-state index contributed by atoms with van der Waals surface area (Å²) < 4.78 is 11.3. The number of carbonyl (C=O) groups is 1.